The van der Waals surface area contributed by atoms with E-state index in [0.29, 0.717) is 0 Å². The topological polar surface area (TPSA) is 86.7 Å². The van der Waals surface area contributed by atoms with Gasteiger partial charge in [0, 0.05) is 33.5 Å². The summed E-state index contributed by atoms with van der Waals surface area (Å²) in [5.74, 6) is -1.21. The molecule has 104 valence electrons. The number of hydrogen-bond acceptors (Lipinski definition) is 3. The highest BCUT2D eigenvalue weighted by Crippen LogP contribution is 2.24. The molecule has 0 saturated heterocycles. The third-order valence-corrected chi connectivity index (χ3v) is 2.43. The van der Waals surface area contributed by atoms with Crippen molar-refractivity contribution >= 4 is 17.8 Å². The Morgan fingerprint density at radius 3 is 2.17 bits per heavy atom. The van der Waals surface area contributed by atoms with E-state index >= 15 is 0 Å². The van der Waals surface area contributed by atoms with Crippen LogP contribution in [0.15, 0.2) is 0 Å². The normalized spacial score (nSPS) is 10.9. The molecule has 0 saturated carbocycles. The highest BCUT2D eigenvalue weighted by atomic mass is 16.4. The molecule has 6 nitrogen and oxygen atoms in total. The van der Waals surface area contributed by atoms with E-state index in [1.165, 1.54) is 4.90 Å². The number of carboxylic acid groups (broad SMARTS) is 1. The number of carboxylic acids is 1. The fourth-order valence-corrected chi connectivity index (χ4v) is 1.50. The van der Waals surface area contributed by atoms with Crippen LogP contribution >= 0.6 is 0 Å². The van der Waals surface area contributed by atoms with Crippen molar-refractivity contribution in [3.63, 3.8) is 0 Å². The zero-order valence-corrected chi connectivity index (χ0v) is 11.4. The monoisotopic (exact) mass is 258 g/mol. The Hall–Kier alpha value is -1.59. The smallest absolute Gasteiger partial charge is 0.303 e. The Labute approximate surface area is 107 Å². The maximum Gasteiger partial charge on any atom is 0.303 e. The third kappa shape index (κ3) is 7.65. The van der Waals surface area contributed by atoms with E-state index in [4.69, 9.17) is 5.11 Å². The van der Waals surface area contributed by atoms with Gasteiger partial charge in [0.25, 0.3) is 0 Å². The lowest BCUT2D eigenvalue weighted by molar-refractivity contribution is -0.139. The third-order valence-electron chi connectivity index (χ3n) is 2.43. The minimum Gasteiger partial charge on any atom is -0.481 e. The molecule has 0 aromatic heterocycles. The molecular weight excluding hydrogens is 236 g/mol. The minimum absolute atomic E-state index is 0.0555. The lowest BCUT2D eigenvalue weighted by atomic mass is 9.85. The molecule has 0 fully saturated rings. The standard InChI is InChI=1S/C12H22N2O4/c1-12(2,8-11(17)18)7-9(15)13-6-5-10(16)14(3)4/h5-8H2,1-4H3,(H,13,15)(H,17,18). The van der Waals surface area contributed by atoms with Gasteiger partial charge < -0.3 is 15.3 Å². The fraction of sp³-hybridized carbons (Fsp3) is 0.750. The van der Waals surface area contributed by atoms with Crippen LogP contribution in [-0.2, 0) is 14.4 Å². The summed E-state index contributed by atoms with van der Waals surface area (Å²) < 4.78 is 0. The summed E-state index contributed by atoms with van der Waals surface area (Å²) in [6.45, 7) is 3.73. The minimum atomic E-state index is -0.921. The van der Waals surface area contributed by atoms with Crippen LogP contribution in [0, 0.1) is 5.41 Å². The van der Waals surface area contributed by atoms with Crippen LogP contribution in [0.1, 0.15) is 33.1 Å². The summed E-state index contributed by atoms with van der Waals surface area (Å²) in [4.78, 5) is 34.9. The molecular formula is C12H22N2O4. The van der Waals surface area contributed by atoms with Crippen molar-refractivity contribution in [2.45, 2.75) is 33.1 Å². The van der Waals surface area contributed by atoms with Crippen molar-refractivity contribution < 1.29 is 19.5 Å². The van der Waals surface area contributed by atoms with Gasteiger partial charge in [-0.3, -0.25) is 14.4 Å². The Morgan fingerprint density at radius 1 is 1.17 bits per heavy atom. The van der Waals surface area contributed by atoms with E-state index < -0.39 is 11.4 Å². The summed E-state index contributed by atoms with van der Waals surface area (Å²) in [6.07, 6.45) is 0.324. The highest BCUT2D eigenvalue weighted by molar-refractivity contribution is 5.79. The van der Waals surface area contributed by atoms with E-state index in [-0.39, 0.29) is 37.6 Å². The van der Waals surface area contributed by atoms with E-state index in [9.17, 15) is 14.4 Å². The number of hydrogen-bond donors (Lipinski definition) is 2. The zero-order chi connectivity index (χ0) is 14.3. The molecule has 0 heterocycles. The quantitative estimate of drug-likeness (QED) is 0.695. The van der Waals surface area contributed by atoms with Gasteiger partial charge in [0.05, 0.1) is 6.42 Å². The number of rotatable bonds is 7. The van der Waals surface area contributed by atoms with Crippen molar-refractivity contribution in [1.82, 2.24) is 10.2 Å². The lowest BCUT2D eigenvalue weighted by Crippen LogP contribution is -2.33. The Kier molecular flexibility index (Phi) is 6.36. The van der Waals surface area contributed by atoms with Crippen LogP contribution < -0.4 is 5.32 Å². The van der Waals surface area contributed by atoms with Crippen molar-refractivity contribution in [2.24, 2.45) is 5.41 Å². The van der Waals surface area contributed by atoms with Crippen LogP contribution in [0.25, 0.3) is 0 Å². The number of aliphatic carboxylic acids is 1. The van der Waals surface area contributed by atoms with E-state index in [1.54, 1.807) is 27.9 Å². The van der Waals surface area contributed by atoms with Gasteiger partial charge in [0.15, 0.2) is 0 Å². The summed E-state index contributed by atoms with van der Waals surface area (Å²) in [7, 11) is 3.31. The van der Waals surface area contributed by atoms with Gasteiger partial charge >= 0.3 is 5.97 Å². The number of nitrogens with zero attached hydrogens (tertiary/aromatic N) is 1. The Balaban J connectivity index is 3.98. The molecule has 0 aliphatic carbocycles. The van der Waals surface area contributed by atoms with Gasteiger partial charge in [0.2, 0.25) is 11.8 Å². The molecule has 0 aromatic rings. The molecule has 2 N–H and O–H groups in total. The molecule has 0 bridgehead atoms. The molecule has 0 unspecified atom stereocenters. The maximum absolute atomic E-state index is 11.6. The number of nitrogens with one attached hydrogen (secondary N) is 1. The molecule has 2 amide bonds. The van der Waals surface area contributed by atoms with Gasteiger partial charge in [-0.2, -0.15) is 0 Å². The Morgan fingerprint density at radius 2 is 1.72 bits per heavy atom. The molecule has 0 aromatic carbocycles. The largest absolute Gasteiger partial charge is 0.481 e. The average molecular weight is 258 g/mol. The first-order valence-corrected chi connectivity index (χ1v) is 5.83. The van der Waals surface area contributed by atoms with Crippen LogP contribution in [0.5, 0.6) is 0 Å². The molecule has 0 rings (SSSR count). The van der Waals surface area contributed by atoms with E-state index in [0.717, 1.165) is 0 Å². The first-order chi connectivity index (χ1) is 8.14. The van der Waals surface area contributed by atoms with Crippen molar-refractivity contribution in [3.05, 3.63) is 0 Å². The summed E-state index contributed by atoms with van der Waals surface area (Å²) >= 11 is 0. The van der Waals surface area contributed by atoms with Gasteiger partial charge in [0.1, 0.15) is 0 Å². The number of amides is 2. The SMILES string of the molecule is CN(C)C(=O)CCNC(=O)CC(C)(C)CC(=O)O. The van der Waals surface area contributed by atoms with Crippen LogP contribution in [0.4, 0.5) is 0 Å². The number of carbonyl (C=O) groups is 3. The van der Waals surface area contributed by atoms with E-state index in [2.05, 4.69) is 5.32 Å². The first-order valence-electron chi connectivity index (χ1n) is 5.83. The summed E-state index contributed by atoms with van der Waals surface area (Å²) in [5.41, 5.74) is -0.582. The molecule has 18 heavy (non-hydrogen) atoms. The second-order valence-electron chi connectivity index (χ2n) is 5.30. The van der Waals surface area contributed by atoms with Crippen LogP contribution in [0.2, 0.25) is 0 Å². The second kappa shape index (κ2) is 6.98. The molecule has 0 radical (unpaired) electrons. The molecule has 0 aliphatic rings. The van der Waals surface area contributed by atoms with Crippen molar-refractivity contribution in [2.75, 3.05) is 20.6 Å². The maximum atomic E-state index is 11.6. The van der Waals surface area contributed by atoms with Crippen LogP contribution in [0.3, 0.4) is 0 Å². The molecule has 0 atom stereocenters. The second-order valence-corrected chi connectivity index (χ2v) is 5.30. The van der Waals surface area contributed by atoms with Crippen LogP contribution in [-0.4, -0.2) is 48.4 Å². The van der Waals surface area contributed by atoms with Crippen molar-refractivity contribution in [1.29, 1.82) is 0 Å². The number of carbonyl (C=O) groups excluding carboxylic acids is 2. The van der Waals surface area contributed by atoms with Gasteiger partial charge in [-0.1, -0.05) is 13.8 Å². The van der Waals surface area contributed by atoms with Gasteiger partial charge in [-0.25, -0.2) is 0 Å². The summed E-state index contributed by atoms with van der Waals surface area (Å²) in [5, 5.41) is 11.3. The average Bonchev–Trinajstić information content (AvgIpc) is 2.13. The first kappa shape index (κ1) is 16.4. The highest BCUT2D eigenvalue weighted by Gasteiger charge is 2.25. The predicted octanol–water partition coefficient (Wildman–Crippen LogP) is 0.472. The van der Waals surface area contributed by atoms with Gasteiger partial charge in [-0.15, -0.1) is 0 Å². The van der Waals surface area contributed by atoms with Crippen molar-refractivity contribution in [3.8, 4) is 0 Å². The summed E-state index contributed by atoms with van der Waals surface area (Å²) in [6, 6.07) is 0. The Bertz CT molecular complexity index is 324. The lowest BCUT2D eigenvalue weighted by Gasteiger charge is -2.21. The fourth-order valence-electron chi connectivity index (χ4n) is 1.50. The molecule has 6 heteroatoms. The predicted molar refractivity (Wildman–Crippen MR) is 67.0 cm³/mol. The molecule has 0 aliphatic heterocycles. The zero-order valence-electron chi connectivity index (χ0n) is 11.4. The van der Waals surface area contributed by atoms with E-state index in [1.807, 2.05) is 0 Å². The molecule has 0 spiro atoms. The van der Waals surface area contributed by atoms with Gasteiger partial charge in [-0.05, 0) is 5.41 Å².